The van der Waals surface area contributed by atoms with Crippen LogP contribution in [0.15, 0.2) is 15.9 Å². The highest BCUT2D eigenvalue weighted by molar-refractivity contribution is 9.11. The topological polar surface area (TPSA) is 29.1 Å². The van der Waals surface area contributed by atoms with E-state index in [1.54, 1.807) is 11.3 Å². The first-order chi connectivity index (χ1) is 6.22. The quantitative estimate of drug-likeness (QED) is 0.881. The zero-order chi connectivity index (χ0) is 9.68. The van der Waals surface area contributed by atoms with Crippen LogP contribution in [0.1, 0.15) is 11.3 Å². The minimum Gasteiger partial charge on any atom is -0.319 e. The van der Waals surface area contributed by atoms with Gasteiger partial charge in [0.05, 0.1) is 3.79 Å². The van der Waals surface area contributed by atoms with Gasteiger partial charge in [-0.2, -0.15) is 0 Å². The number of hydrogen-bond acceptors (Lipinski definition) is 3. The van der Waals surface area contributed by atoms with Gasteiger partial charge in [0.25, 0.3) is 0 Å². The van der Waals surface area contributed by atoms with Crippen molar-refractivity contribution in [2.75, 3.05) is 13.6 Å². The van der Waals surface area contributed by atoms with E-state index in [1.165, 1.54) is 0 Å². The van der Waals surface area contributed by atoms with Crippen LogP contribution in [0.3, 0.4) is 0 Å². The predicted molar refractivity (Wildman–Crippen MR) is 59.3 cm³/mol. The first-order valence-corrected chi connectivity index (χ1v) is 5.74. The van der Waals surface area contributed by atoms with E-state index in [9.17, 15) is 4.79 Å². The lowest BCUT2D eigenvalue weighted by Crippen LogP contribution is -2.13. The maximum atomic E-state index is 11.3. The molecule has 1 heterocycles. The van der Waals surface area contributed by atoms with Crippen LogP contribution in [0, 0.1) is 0 Å². The van der Waals surface area contributed by atoms with Gasteiger partial charge in [0.15, 0.2) is 0 Å². The fraction of sp³-hybridized carbons (Fsp3) is 0.444. The summed E-state index contributed by atoms with van der Waals surface area (Å²) >= 11 is 4.99. The molecule has 0 aliphatic rings. The van der Waals surface area contributed by atoms with E-state index in [0.29, 0.717) is 18.6 Å². The smallest absolute Gasteiger partial charge is 0.139 e. The van der Waals surface area contributed by atoms with E-state index >= 15 is 0 Å². The Balaban J connectivity index is 2.36. The summed E-state index contributed by atoms with van der Waals surface area (Å²) in [5.41, 5.74) is 0. The fourth-order valence-electron chi connectivity index (χ4n) is 0.994. The molecule has 0 amide bonds. The van der Waals surface area contributed by atoms with Crippen LogP contribution in [0.5, 0.6) is 0 Å². The van der Waals surface area contributed by atoms with Gasteiger partial charge < -0.3 is 5.32 Å². The van der Waals surface area contributed by atoms with Crippen molar-refractivity contribution < 1.29 is 4.79 Å². The highest BCUT2D eigenvalue weighted by Gasteiger charge is 2.04. The van der Waals surface area contributed by atoms with Crippen molar-refractivity contribution in [2.45, 2.75) is 12.8 Å². The van der Waals surface area contributed by atoms with Crippen LogP contribution in [0.2, 0.25) is 0 Å². The zero-order valence-electron chi connectivity index (χ0n) is 7.47. The Morgan fingerprint density at radius 1 is 1.62 bits per heavy atom. The number of halogens is 1. The van der Waals surface area contributed by atoms with Gasteiger partial charge in [-0.3, -0.25) is 4.79 Å². The fourth-order valence-corrected chi connectivity index (χ4v) is 2.51. The van der Waals surface area contributed by atoms with E-state index in [-0.39, 0.29) is 0 Å². The summed E-state index contributed by atoms with van der Waals surface area (Å²) in [5.74, 6) is 0.295. The molecule has 0 saturated heterocycles. The van der Waals surface area contributed by atoms with E-state index in [4.69, 9.17) is 0 Å². The van der Waals surface area contributed by atoms with Crippen molar-refractivity contribution in [3.8, 4) is 0 Å². The molecule has 0 atom stereocenters. The van der Waals surface area contributed by atoms with Gasteiger partial charge in [-0.1, -0.05) is 0 Å². The number of thiophene rings is 1. The maximum Gasteiger partial charge on any atom is 0.139 e. The van der Waals surface area contributed by atoms with Crippen molar-refractivity contribution in [1.29, 1.82) is 0 Å². The molecule has 2 nitrogen and oxygen atoms in total. The number of ketones is 1. The lowest BCUT2D eigenvalue weighted by atomic mass is 10.2. The summed E-state index contributed by atoms with van der Waals surface area (Å²) in [5, 5.41) is 2.96. The summed E-state index contributed by atoms with van der Waals surface area (Å²) in [7, 11) is 1.86. The molecule has 0 aliphatic heterocycles. The molecular weight excluding hydrogens is 250 g/mol. The van der Waals surface area contributed by atoms with E-state index in [0.717, 1.165) is 15.2 Å². The second-order valence-corrected chi connectivity index (χ2v) is 5.32. The minimum atomic E-state index is 0.295. The number of Topliss-reactive ketones (excluding diaryl/α,β-unsaturated/α-hetero) is 1. The van der Waals surface area contributed by atoms with Crippen LogP contribution >= 0.6 is 27.3 Å². The maximum absolute atomic E-state index is 11.3. The third-order valence-electron chi connectivity index (χ3n) is 1.65. The Hall–Kier alpha value is -0.190. The summed E-state index contributed by atoms with van der Waals surface area (Å²) in [6.07, 6.45) is 1.18. The number of nitrogens with one attached hydrogen (secondary N) is 1. The second-order valence-electron chi connectivity index (χ2n) is 2.77. The van der Waals surface area contributed by atoms with Crippen LogP contribution < -0.4 is 5.32 Å². The molecule has 13 heavy (non-hydrogen) atoms. The normalized spacial score (nSPS) is 10.3. The summed E-state index contributed by atoms with van der Waals surface area (Å²) in [4.78, 5) is 12.5. The van der Waals surface area contributed by atoms with Crippen LogP contribution in [-0.2, 0) is 11.2 Å². The third kappa shape index (κ3) is 4.02. The van der Waals surface area contributed by atoms with Gasteiger partial charge in [0, 0.05) is 24.3 Å². The largest absolute Gasteiger partial charge is 0.319 e. The average Bonchev–Trinajstić information content (AvgIpc) is 2.48. The Morgan fingerprint density at radius 3 is 2.92 bits per heavy atom. The monoisotopic (exact) mass is 261 g/mol. The van der Waals surface area contributed by atoms with E-state index in [2.05, 4.69) is 21.2 Å². The molecule has 1 aromatic rings. The van der Waals surface area contributed by atoms with Gasteiger partial charge in [0.2, 0.25) is 0 Å². The molecule has 1 N–H and O–H groups in total. The Kier molecular flexibility index (Phi) is 4.62. The van der Waals surface area contributed by atoms with Crippen molar-refractivity contribution >= 4 is 33.0 Å². The van der Waals surface area contributed by atoms with Crippen molar-refractivity contribution in [2.24, 2.45) is 0 Å². The second kappa shape index (κ2) is 5.52. The van der Waals surface area contributed by atoms with E-state index in [1.807, 2.05) is 19.2 Å². The summed E-state index contributed by atoms with van der Waals surface area (Å²) < 4.78 is 1.09. The lowest BCUT2D eigenvalue weighted by Gasteiger charge is -1.97. The van der Waals surface area contributed by atoms with Gasteiger partial charge in [-0.25, -0.2) is 0 Å². The van der Waals surface area contributed by atoms with Gasteiger partial charge in [0.1, 0.15) is 5.78 Å². The number of rotatable bonds is 5. The Bertz CT molecular complexity index is 285. The molecule has 1 aromatic heterocycles. The molecule has 0 saturated carbocycles. The molecule has 0 radical (unpaired) electrons. The first-order valence-electron chi connectivity index (χ1n) is 4.13. The molecule has 72 valence electrons. The average molecular weight is 262 g/mol. The van der Waals surface area contributed by atoms with Gasteiger partial charge in [-0.05, 0) is 35.1 Å². The van der Waals surface area contributed by atoms with Crippen molar-refractivity contribution in [3.05, 3.63) is 20.8 Å². The zero-order valence-corrected chi connectivity index (χ0v) is 9.87. The molecule has 0 unspecified atom stereocenters. The molecule has 0 bridgehead atoms. The Labute approximate surface area is 90.5 Å². The van der Waals surface area contributed by atoms with Gasteiger partial charge in [-0.15, -0.1) is 11.3 Å². The number of hydrogen-bond donors (Lipinski definition) is 1. The molecule has 4 heteroatoms. The van der Waals surface area contributed by atoms with Crippen LogP contribution in [0.4, 0.5) is 0 Å². The molecule has 0 aromatic carbocycles. The Morgan fingerprint density at radius 2 is 2.38 bits per heavy atom. The highest BCUT2D eigenvalue weighted by atomic mass is 79.9. The van der Waals surface area contributed by atoms with Crippen molar-refractivity contribution in [3.63, 3.8) is 0 Å². The molecule has 0 spiro atoms. The molecule has 0 aliphatic carbocycles. The summed E-state index contributed by atoms with van der Waals surface area (Å²) in [6.45, 7) is 0.769. The minimum absolute atomic E-state index is 0.295. The van der Waals surface area contributed by atoms with Crippen LogP contribution in [0.25, 0.3) is 0 Å². The highest BCUT2D eigenvalue weighted by Crippen LogP contribution is 2.22. The molecule has 0 fully saturated rings. The number of carbonyl (C=O) groups is 1. The molecular formula is C9H12BrNOS. The van der Waals surface area contributed by atoms with Crippen LogP contribution in [-0.4, -0.2) is 19.4 Å². The SMILES string of the molecule is CNCCC(=O)Cc1ccc(Br)s1. The number of carbonyl (C=O) groups excluding carboxylic acids is 1. The van der Waals surface area contributed by atoms with Gasteiger partial charge >= 0.3 is 0 Å². The van der Waals surface area contributed by atoms with E-state index < -0.39 is 0 Å². The third-order valence-corrected chi connectivity index (χ3v) is 3.28. The summed E-state index contributed by atoms with van der Waals surface area (Å²) in [6, 6.07) is 3.97. The first kappa shape index (κ1) is 10.9. The molecule has 1 rings (SSSR count). The predicted octanol–water partition coefficient (Wildman–Crippen LogP) is 2.23. The van der Waals surface area contributed by atoms with Crippen molar-refractivity contribution in [1.82, 2.24) is 5.32 Å². The standard InChI is InChI=1S/C9H12BrNOS/c1-11-5-4-7(12)6-8-2-3-9(10)13-8/h2-3,11H,4-6H2,1H3. The lowest BCUT2D eigenvalue weighted by molar-refractivity contribution is -0.118.